The molecule has 0 aliphatic carbocycles. The normalized spacial score (nSPS) is 10.0. The summed E-state index contributed by atoms with van der Waals surface area (Å²) < 4.78 is 10.3. The van der Waals surface area contributed by atoms with Gasteiger partial charge in [-0.3, -0.25) is 4.98 Å². The van der Waals surface area contributed by atoms with E-state index in [-0.39, 0.29) is 5.97 Å². The zero-order valence-corrected chi connectivity index (χ0v) is 10.9. The predicted molar refractivity (Wildman–Crippen MR) is 71.1 cm³/mol. The van der Waals surface area contributed by atoms with Crippen LogP contribution in [0, 0.1) is 6.92 Å². The molecule has 0 aliphatic heterocycles. The monoisotopic (exact) mass is 257 g/mol. The molecular formula is C15H15NO3. The van der Waals surface area contributed by atoms with Crippen molar-refractivity contribution in [3.63, 3.8) is 0 Å². The molecule has 0 fully saturated rings. The summed E-state index contributed by atoms with van der Waals surface area (Å²) in [6.07, 6.45) is 1.73. The van der Waals surface area contributed by atoms with E-state index in [0.717, 1.165) is 11.3 Å². The first kappa shape index (κ1) is 13.1. The maximum Gasteiger partial charge on any atom is 0.337 e. The average molecular weight is 257 g/mol. The van der Waals surface area contributed by atoms with E-state index in [9.17, 15) is 4.79 Å². The maximum absolute atomic E-state index is 11.4. The van der Waals surface area contributed by atoms with E-state index in [1.54, 1.807) is 30.5 Å². The second kappa shape index (κ2) is 6.00. The highest BCUT2D eigenvalue weighted by atomic mass is 16.5. The Bertz CT molecular complexity index is 581. The smallest absolute Gasteiger partial charge is 0.337 e. The molecule has 0 amide bonds. The quantitative estimate of drug-likeness (QED) is 0.790. The van der Waals surface area contributed by atoms with Gasteiger partial charge in [0.2, 0.25) is 0 Å². The van der Waals surface area contributed by atoms with Crippen LogP contribution in [0.5, 0.6) is 5.75 Å². The maximum atomic E-state index is 11.4. The molecule has 0 N–H and O–H groups in total. The highest BCUT2D eigenvalue weighted by Crippen LogP contribution is 2.16. The van der Waals surface area contributed by atoms with Crippen LogP contribution in [0.4, 0.5) is 0 Å². The topological polar surface area (TPSA) is 48.4 Å². The van der Waals surface area contributed by atoms with E-state index in [0.29, 0.717) is 17.9 Å². The van der Waals surface area contributed by atoms with E-state index in [4.69, 9.17) is 4.74 Å². The highest BCUT2D eigenvalue weighted by molar-refractivity contribution is 5.89. The van der Waals surface area contributed by atoms with Gasteiger partial charge in [0.25, 0.3) is 0 Å². The number of aromatic nitrogens is 1. The van der Waals surface area contributed by atoms with Crippen molar-refractivity contribution in [2.24, 2.45) is 0 Å². The molecule has 0 atom stereocenters. The number of rotatable bonds is 4. The SMILES string of the molecule is COC(=O)c1cccc(OCc2ncccc2C)c1. The molecule has 1 aromatic carbocycles. The van der Waals surface area contributed by atoms with Crippen LogP contribution < -0.4 is 4.74 Å². The van der Waals surface area contributed by atoms with Crippen molar-refractivity contribution < 1.29 is 14.3 Å². The second-order valence-corrected chi connectivity index (χ2v) is 4.08. The Kier molecular flexibility index (Phi) is 4.13. The summed E-state index contributed by atoms with van der Waals surface area (Å²) in [4.78, 5) is 15.7. The van der Waals surface area contributed by atoms with Gasteiger partial charge in [0.15, 0.2) is 0 Å². The molecule has 2 rings (SSSR count). The summed E-state index contributed by atoms with van der Waals surface area (Å²) in [6.45, 7) is 2.36. The van der Waals surface area contributed by atoms with Gasteiger partial charge in [0.1, 0.15) is 12.4 Å². The van der Waals surface area contributed by atoms with Gasteiger partial charge < -0.3 is 9.47 Å². The second-order valence-electron chi connectivity index (χ2n) is 4.08. The molecule has 4 nitrogen and oxygen atoms in total. The van der Waals surface area contributed by atoms with Gasteiger partial charge >= 0.3 is 5.97 Å². The Morgan fingerprint density at radius 3 is 2.84 bits per heavy atom. The molecule has 0 saturated heterocycles. The standard InChI is InChI=1S/C15H15NO3/c1-11-5-4-8-16-14(11)10-19-13-7-3-6-12(9-13)15(17)18-2/h3-9H,10H2,1-2H3. The van der Waals surface area contributed by atoms with Crippen molar-refractivity contribution in [3.05, 3.63) is 59.4 Å². The van der Waals surface area contributed by atoms with E-state index in [1.165, 1.54) is 7.11 Å². The van der Waals surface area contributed by atoms with Crippen LogP contribution in [-0.2, 0) is 11.3 Å². The molecule has 98 valence electrons. The lowest BCUT2D eigenvalue weighted by atomic mass is 10.2. The Morgan fingerprint density at radius 2 is 2.11 bits per heavy atom. The van der Waals surface area contributed by atoms with Crippen LogP contribution in [0.3, 0.4) is 0 Å². The Morgan fingerprint density at radius 1 is 1.26 bits per heavy atom. The van der Waals surface area contributed by atoms with Gasteiger partial charge in [0, 0.05) is 6.20 Å². The van der Waals surface area contributed by atoms with Gasteiger partial charge in [-0.25, -0.2) is 4.79 Å². The molecule has 2 aromatic rings. The van der Waals surface area contributed by atoms with E-state index in [1.807, 2.05) is 19.1 Å². The summed E-state index contributed by atoms with van der Waals surface area (Å²) in [5, 5.41) is 0. The zero-order chi connectivity index (χ0) is 13.7. The number of methoxy groups -OCH3 is 1. The molecular weight excluding hydrogens is 242 g/mol. The number of benzene rings is 1. The number of hydrogen-bond donors (Lipinski definition) is 0. The molecule has 0 saturated carbocycles. The number of hydrogen-bond acceptors (Lipinski definition) is 4. The van der Waals surface area contributed by atoms with Gasteiger partial charge in [-0.2, -0.15) is 0 Å². The fraction of sp³-hybridized carbons (Fsp3) is 0.200. The first-order valence-corrected chi connectivity index (χ1v) is 5.92. The minimum Gasteiger partial charge on any atom is -0.487 e. The van der Waals surface area contributed by atoms with Crippen LogP contribution >= 0.6 is 0 Å². The first-order chi connectivity index (χ1) is 9.20. The Hall–Kier alpha value is -2.36. The van der Waals surface area contributed by atoms with E-state index < -0.39 is 0 Å². The van der Waals surface area contributed by atoms with E-state index in [2.05, 4.69) is 9.72 Å². The van der Waals surface area contributed by atoms with Crippen molar-refractivity contribution in [3.8, 4) is 5.75 Å². The summed E-state index contributed by atoms with van der Waals surface area (Å²) in [6, 6.07) is 10.8. The van der Waals surface area contributed by atoms with Gasteiger partial charge in [0.05, 0.1) is 18.4 Å². The van der Waals surface area contributed by atoms with Crippen molar-refractivity contribution in [2.75, 3.05) is 7.11 Å². The predicted octanol–water partition coefficient (Wildman–Crippen LogP) is 2.76. The van der Waals surface area contributed by atoms with Crippen LogP contribution in [0.1, 0.15) is 21.6 Å². The summed E-state index contributed by atoms with van der Waals surface area (Å²) in [5.41, 5.74) is 2.43. The third kappa shape index (κ3) is 3.31. The zero-order valence-electron chi connectivity index (χ0n) is 10.9. The number of aryl methyl sites for hydroxylation is 1. The van der Waals surface area contributed by atoms with Crippen LogP contribution in [0.2, 0.25) is 0 Å². The van der Waals surface area contributed by atoms with Crippen molar-refractivity contribution >= 4 is 5.97 Å². The number of pyridine rings is 1. The largest absolute Gasteiger partial charge is 0.487 e. The van der Waals surface area contributed by atoms with Gasteiger partial charge in [-0.05, 0) is 36.8 Å². The molecule has 1 heterocycles. The molecule has 1 aromatic heterocycles. The number of carbonyl (C=O) groups excluding carboxylic acids is 1. The third-order valence-corrected chi connectivity index (χ3v) is 2.75. The Labute approximate surface area is 112 Å². The van der Waals surface area contributed by atoms with Crippen molar-refractivity contribution in [1.29, 1.82) is 0 Å². The fourth-order valence-electron chi connectivity index (χ4n) is 1.65. The van der Waals surface area contributed by atoms with E-state index >= 15 is 0 Å². The summed E-state index contributed by atoms with van der Waals surface area (Å²) in [7, 11) is 1.35. The van der Waals surface area contributed by atoms with Crippen molar-refractivity contribution in [2.45, 2.75) is 13.5 Å². The molecule has 0 radical (unpaired) electrons. The lowest BCUT2D eigenvalue weighted by Gasteiger charge is -2.08. The highest BCUT2D eigenvalue weighted by Gasteiger charge is 2.06. The molecule has 0 bridgehead atoms. The number of nitrogens with zero attached hydrogens (tertiary/aromatic N) is 1. The minimum absolute atomic E-state index is 0.372. The summed E-state index contributed by atoms with van der Waals surface area (Å²) >= 11 is 0. The first-order valence-electron chi connectivity index (χ1n) is 5.92. The minimum atomic E-state index is -0.375. The molecule has 0 aliphatic rings. The lowest BCUT2D eigenvalue weighted by Crippen LogP contribution is -2.03. The number of esters is 1. The molecule has 0 spiro atoms. The van der Waals surface area contributed by atoms with Crippen LogP contribution in [0.25, 0.3) is 0 Å². The van der Waals surface area contributed by atoms with Crippen LogP contribution in [-0.4, -0.2) is 18.1 Å². The Balaban J connectivity index is 2.08. The fourth-order valence-corrected chi connectivity index (χ4v) is 1.65. The van der Waals surface area contributed by atoms with Gasteiger partial charge in [-0.1, -0.05) is 12.1 Å². The summed E-state index contributed by atoms with van der Waals surface area (Å²) in [5.74, 6) is 0.243. The molecule has 19 heavy (non-hydrogen) atoms. The molecule has 0 unspecified atom stereocenters. The third-order valence-electron chi connectivity index (χ3n) is 2.75. The number of ether oxygens (including phenoxy) is 2. The molecule has 4 heteroatoms. The lowest BCUT2D eigenvalue weighted by molar-refractivity contribution is 0.0600. The van der Waals surface area contributed by atoms with Crippen LogP contribution in [0.15, 0.2) is 42.6 Å². The average Bonchev–Trinajstić information content (AvgIpc) is 2.46. The number of carbonyl (C=O) groups is 1. The van der Waals surface area contributed by atoms with Gasteiger partial charge in [-0.15, -0.1) is 0 Å². The van der Waals surface area contributed by atoms with Crippen molar-refractivity contribution in [1.82, 2.24) is 4.98 Å².